The molecular formula is C24H28N2O3S. The third-order valence-corrected chi connectivity index (χ3v) is 6.24. The SMILES string of the molecule is COC(=O)C(C)Sc1ccccc1C(=O)N1CCN(CC=Cc2ccccc2)CC1. The standard InChI is InChI=1S/C24H28N2O3S/c1-19(24(28)29-2)30-22-13-7-6-12-21(22)23(27)26-17-15-25(16-18-26)14-8-11-20-9-4-3-5-10-20/h3-13,19H,14-18H2,1-2H3. The highest BCUT2D eigenvalue weighted by Gasteiger charge is 2.25. The van der Waals surface area contributed by atoms with Crippen LogP contribution in [0.1, 0.15) is 22.8 Å². The number of piperazine rings is 1. The first-order chi connectivity index (χ1) is 14.6. The maximum atomic E-state index is 13.1. The number of amides is 1. The summed E-state index contributed by atoms with van der Waals surface area (Å²) in [7, 11) is 1.38. The van der Waals surface area contributed by atoms with Crippen LogP contribution in [0.4, 0.5) is 0 Å². The summed E-state index contributed by atoms with van der Waals surface area (Å²) in [5, 5.41) is -0.364. The molecule has 158 valence electrons. The molecule has 1 fully saturated rings. The van der Waals surface area contributed by atoms with Crippen molar-refractivity contribution in [3.8, 4) is 0 Å². The van der Waals surface area contributed by atoms with Crippen molar-refractivity contribution in [1.29, 1.82) is 0 Å². The van der Waals surface area contributed by atoms with Gasteiger partial charge in [-0.15, -0.1) is 11.8 Å². The largest absolute Gasteiger partial charge is 0.468 e. The number of carbonyl (C=O) groups excluding carboxylic acids is 2. The molecule has 1 saturated heterocycles. The second kappa shape index (κ2) is 11.0. The summed E-state index contributed by atoms with van der Waals surface area (Å²) >= 11 is 1.36. The second-order valence-corrected chi connectivity index (χ2v) is 8.57. The lowest BCUT2D eigenvalue weighted by atomic mass is 10.1. The molecule has 1 aliphatic heterocycles. The molecule has 5 nitrogen and oxygen atoms in total. The fourth-order valence-electron chi connectivity index (χ4n) is 3.36. The maximum absolute atomic E-state index is 13.1. The van der Waals surface area contributed by atoms with Crippen molar-refractivity contribution >= 4 is 29.7 Å². The first kappa shape index (κ1) is 22.1. The number of ether oxygens (including phenoxy) is 1. The Morgan fingerprint density at radius 1 is 1.03 bits per heavy atom. The normalized spacial score (nSPS) is 15.9. The van der Waals surface area contributed by atoms with Crippen LogP contribution >= 0.6 is 11.8 Å². The van der Waals surface area contributed by atoms with Gasteiger partial charge in [0.15, 0.2) is 0 Å². The smallest absolute Gasteiger partial charge is 0.318 e. The van der Waals surface area contributed by atoms with Gasteiger partial charge in [-0.2, -0.15) is 0 Å². The van der Waals surface area contributed by atoms with Gasteiger partial charge in [0, 0.05) is 37.6 Å². The van der Waals surface area contributed by atoms with Crippen molar-refractivity contribution < 1.29 is 14.3 Å². The van der Waals surface area contributed by atoms with E-state index in [2.05, 4.69) is 29.2 Å². The van der Waals surface area contributed by atoms with Gasteiger partial charge >= 0.3 is 5.97 Å². The van der Waals surface area contributed by atoms with Gasteiger partial charge in [0.25, 0.3) is 5.91 Å². The molecule has 0 aliphatic carbocycles. The Morgan fingerprint density at radius 2 is 1.70 bits per heavy atom. The number of methoxy groups -OCH3 is 1. The van der Waals surface area contributed by atoms with E-state index in [1.54, 1.807) is 6.92 Å². The van der Waals surface area contributed by atoms with Gasteiger partial charge in [-0.25, -0.2) is 0 Å². The number of carbonyl (C=O) groups is 2. The molecule has 0 saturated carbocycles. The Kier molecular flexibility index (Phi) is 8.11. The zero-order valence-corrected chi connectivity index (χ0v) is 18.3. The van der Waals surface area contributed by atoms with Gasteiger partial charge in [-0.3, -0.25) is 14.5 Å². The summed E-state index contributed by atoms with van der Waals surface area (Å²) in [5.41, 5.74) is 1.84. The molecule has 2 aromatic rings. The van der Waals surface area contributed by atoms with E-state index in [4.69, 9.17) is 4.74 Å². The van der Waals surface area contributed by atoms with Crippen molar-refractivity contribution in [1.82, 2.24) is 9.80 Å². The monoisotopic (exact) mass is 424 g/mol. The molecular weight excluding hydrogens is 396 g/mol. The van der Waals surface area contributed by atoms with Crippen LogP contribution in [-0.2, 0) is 9.53 Å². The Bertz CT molecular complexity index is 877. The van der Waals surface area contributed by atoms with Crippen LogP contribution in [0.5, 0.6) is 0 Å². The lowest BCUT2D eigenvalue weighted by Crippen LogP contribution is -2.48. The molecule has 0 N–H and O–H groups in total. The highest BCUT2D eigenvalue weighted by atomic mass is 32.2. The minimum atomic E-state index is -0.364. The number of rotatable bonds is 7. The molecule has 0 radical (unpaired) electrons. The average molecular weight is 425 g/mol. The number of esters is 1. The molecule has 2 aromatic carbocycles. The lowest BCUT2D eigenvalue weighted by Gasteiger charge is -2.34. The zero-order chi connectivity index (χ0) is 21.3. The van der Waals surface area contributed by atoms with Crippen LogP contribution < -0.4 is 0 Å². The quantitative estimate of drug-likeness (QED) is 0.500. The summed E-state index contributed by atoms with van der Waals surface area (Å²) in [5.74, 6) is -0.269. The molecule has 1 aliphatic rings. The number of hydrogen-bond acceptors (Lipinski definition) is 5. The van der Waals surface area contributed by atoms with E-state index >= 15 is 0 Å². The molecule has 1 amide bonds. The predicted octanol–water partition coefficient (Wildman–Crippen LogP) is 3.81. The molecule has 3 rings (SSSR count). The van der Waals surface area contributed by atoms with Crippen LogP contribution in [0.25, 0.3) is 6.08 Å². The van der Waals surface area contributed by atoms with Crippen molar-refractivity contribution in [3.05, 3.63) is 71.8 Å². The van der Waals surface area contributed by atoms with Gasteiger partial charge < -0.3 is 9.64 Å². The zero-order valence-electron chi connectivity index (χ0n) is 17.5. The first-order valence-electron chi connectivity index (χ1n) is 10.1. The Hall–Kier alpha value is -2.57. The lowest BCUT2D eigenvalue weighted by molar-refractivity contribution is -0.139. The Balaban J connectivity index is 1.55. The summed E-state index contributed by atoms with van der Waals surface area (Å²) in [6, 6.07) is 17.7. The molecule has 0 bridgehead atoms. The summed E-state index contributed by atoms with van der Waals surface area (Å²) in [6.45, 7) is 5.75. The third kappa shape index (κ3) is 5.97. The van der Waals surface area contributed by atoms with Crippen molar-refractivity contribution in [2.24, 2.45) is 0 Å². The van der Waals surface area contributed by atoms with Crippen LogP contribution in [0.2, 0.25) is 0 Å². The molecule has 0 spiro atoms. The summed E-state index contributed by atoms with van der Waals surface area (Å²) in [4.78, 5) is 29.9. The molecule has 1 unspecified atom stereocenters. The summed E-state index contributed by atoms with van der Waals surface area (Å²) in [6.07, 6.45) is 4.31. The van der Waals surface area contributed by atoms with E-state index in [1.165, 1.54) is 24.4 Å². The van der Waals surface area contributed by atoms with Crippen molar-refractivity contribution in [2.45, 2.75) is 17.1 Å². The van der Waals surface area contributed by atoms with E-state index in [0.29, 0.717) is 18.7 Å². The second-order valence-electron chi connectivity index (χ2n) is 7.19. The number of benzene rings is 2. The van der Waals surface area contributed by atoms with E-state index in [9.17, 15) is 9.59 Å². The minimum absolute atomic E-state index is 0.0228. The van der Waals surface area contributed by atoms with Gasteiger partial charge in [-0.1, -0.05) is 54.6 Å². The molecule has 1 heterocycles. The maximum Gasteiger partial charge on any atom is 0.318 e. The van der Waals surface area contributed by atoms with Gasteiger partial charge in [0.1, 0.15) is 5.25 Å². The van der Waals surface area contributed by atoms with Crippen molar-refractivity contribution in [3.63, 3.8) is 0 Å². The minimum Gasteiger partial charge on any atom is -0.468 e. The first-order valence-corrected chi connectivity index (χ1v) is 11.0. The molecule has 6 heteroatoms. The number of thioether (sulfide) groups is 1. The highest BCUT2D eigenvalue weighted by molar-refractivity contribution is 8.00. The van der Waals surface area contributed by atoms with E-state index in [1.807, 2.05) is 47.4 Å². The Morgan fingerprint density at radius 3 is 2.40 bits per heavy atom. The Labute approximate surface area is 182 Å². The molecule has 30 heavy (non-hydrogen) atoms. The van der Waals surface area contributed by atoms with Crippen LogP contribution in [0.15, 0.2) is 65.6 Å². The van der Waals surface area contributed by atoms with Gasteiger partial charge in [-0.05, 0) is 24.6 Å². The fourth-order valence-corrected chi connectivity index (χ4v) is 4.37. The molecule has 0 aromatic heterocycles. The predicted molar refractivity (Wildman–Crippen MR) is 122 cm³/mol. The number of hydrogen-bond donors (Lipinski definition) is 0. The van der Waals surface area contributed by atoms with Crippen LogP contribution in [-0.4, -0.2) is 66.8 Å². The van der Waals surface area contributed by atoms with Gasteiger partial charge in [0.2, 0.25) is 0 Å². The van der Waals surface area contributed by atoms with E-state index < -0.39 is 0 Å². The third-order valence-electron chi connectivity index (χ3n) is 5.09. The summed E-state index contributed by atoms with van der Waals surface area (Å²) < 4.78 is 4.81. The van der Waals surface area contributed by atoms with E-state index in [-0.39, 0.29) is 17.1 Å². The average Bonchev–Trinajstić information content (AvgIpc) is 2.79. The number of nitrogens with zero attached hydrogens (tertiary/aromatic N) is 2. The molecule has 1 atom stereocenters. The van der Waals surface area contributed by atoms with Crippen LogP contribution in [0.3, 0.4) is 0 Å². The topological polar surface area (TPSA) is 49.9 Å². The van der Waals surface area contributed by atoms with Gasteiger partial charge in [0.05, 0.1) is 12.7 Å². The van der Waals surface area contributed by atoms with E-state index in [0.717, 1.165) is 24.5 Å². The van der Waals surface area contributed by atoms with Crippen LogP contribution in [0, 0.1) is 0 Å². The van der Waals surface area contributed by atoms with Crippen molar-refractivity contribution in [2.75, 3.05) is 39.8 Å². The highest BCUT2D eigenvalue weighted by Crippen LogP contribution is 2.28. The fraction of sp³-hybridized carbons (Fsp3) is 0.333.